The number of amides is 1. The minimum atomic E-state index is -1.12. The van der Waals surface area contributed by atoms with Crippen molar-refractivity contribution in [3.8, 4) is 0 Å². The molecule has 0 unspecified atom stereocenters. The number of nitrogens with zero attached hydrogens (tertiary/aromatic N) is 4. The normalized spacial score (nSPS) is 21.5. The van der Waals surface area contributed by atoms with Crippen LogP contribution in [0.3, 0.4) is 0 Å². The van der Waals surface area contributed by atoms with Crippen molar-refractivity contribution in [1.82, 2.24) is 19.1 Å². The van der Waals surface area contributed by atoms with Crippen molar-refractivity contribution in [2.24, 2.45) is 0 Å². The van der Waals surface area contributed by atoms with Crippen LogP contribution in [0.15, 0.2) is 59.5 Å². The van der Waals surface area contributed by atoms with Crippen molar-refractivity contribution in [2.45, 2.75) is 38.1 Å². The lowest BCUT2D eigenvalue weighted by molar-refractivity contribution is -0.138. The van der Waals surface area contributed by atoms with Gasteiger partial charge in [0, 0.05) is 25.8 Å². The van der Waals surface area contributed by atoms with Crippen LogP contribution in [0, 0.1) is 0 Å². The van der Waals surface area contributed by atoms with E-state index in [0.717, 1.165) is 10.2 Å². The minimum absolute atomic E-state index is 0.129. The van der Waals surface area contributed by atoms with Gasteiger partial charge >= 0.3 is 5.69 Å². The fourth-order valence-corrected chi connectivity index (χ4v) is 3.64. The second-order valence-electron chi connectivity index (χ2n) is 7.47. The predicted octanol–water partition coefficient (Wildman–Crippen LogP) is 1.06. The highest BCUT2D eigenvalue weighted by Gasteiger charge is 2.42. The van der Waals surface area contributed by atoms with Gasteiger partial charge in [-0.3, -0.25) is 9.20 Å². The molecule has 29 heavy (non-hydrogen) atoms. The van der Waals surface area contributed by atoms with Gasteiger partial charge in [0.25, 0.3) is 0 Å². The first-order valence-electron chi connectivity index (χ1n) is 9.66. The lowest BCUT2D eigenvalue weighted by Gasteiger charge is -2.33. The summed E-state index contributed by atoms with van der Waals surface area (Å²) in [5.41, 5.74) is -0.0616. The number of ether oxygens (including phenoxy) is 1. The summed E-state index contributed by atoms with van der Waals surface area (Å²) in [6, 6.07) is 14.8. The maximum atomic E-state index is 13.1. The van der Waals surface area contributed by atoms with Crippen molar-refractivity contribution in [3.05, 3.63) is 70.8 Å². The van der Waals surface area contributed by atoms with Crippen molar-refractivity contribution in [3.63, 3.8) is 0 Å². The largest absolute Gasteiger partial charge is 0.385 e. The molecule has 1 fully saturated rings. The number of benzene rings is 1. The molecule has 1 aromatic carbocycles. The van der Waals surface area contributed by atoms with Crippen LogP contribution in [-0.2, 0) is 22.6 Å². The summed E-state index contributed by atoms with van der Waals surface area (Å²) in [5.74, 6) is -0.285. The van der Waals surface area contributed by atoms with Crippen molar-refractivity contribution < 1.29 is 14.6 Å². The summed E-state index contributed by atoms with van der Waals surface area (Å²) in [6.07, 6.45) is 1.71. The Morgan fingerprint density at radius 3 is 2.72 bits per heavy atom. The Morgan fingerprint density at radius 1 is 1.28 bits per heavy atom. The van der Waals surface area contributed by atoms with E-state index in [1.807, 2.05) is 37.3 Å². The van der Waals surface area contributed by atoms with Crippen LogP contribution in [0.1, 0.15) is 18.9 Å². The number of aliphatic hydroxyl groups is 1. The van der Waals surface area contributed by atoms with E-state index in [4.69, 9.17) is 4.74 Å². The van der Waals surface area contributed by atoms with Crippen LogP contribution < -0.4 is 5.69 Å². The van der Waals surface area contributed by atoms with Gasteiger partial charge in [-0.05, 0) is 24.6 Å². The molecule has 1 saturated heterocycles. The topological polar surface area (TPSA) is 89.1 Å². The first kappa shape index (κ1) is 19.4. The molecule has 0 aliphatic carbocycles. The van der Waals surface area contributed by atoms with E-state index in [0.29, 0.717) is 25.2 Å². The van der Waals surface area contributed by atoms with E-state index < -0.39 is 5.60 Å². The number of aromatic nitrogens is 3. The SMILES string of the molecule is C[C@H]1OCC[C@]1(O)CN(Cc1ccccc1)C(=O)Cn1nc2ccccn2c1=O. The lowest BCUT2D eigenvalue weighted by atomic mass is 9.95. The molecule has 2 atom stereocenters. The van der Waals surface area contributed by atoms with Crippen LogP contribution in [-0.4, -0.2) is 55.0 Å². The van der Waals surface area contributed by atoms with Gasteiger partial charge in [-0.15, -0.1) is 5.10 Å². The summed E-state index contributed by atoms with van der Waals surface area (Å²) in [6.45, 7) is 2.53. The van der Waals surface area contributed by atoms with Gasteiger partial charge in [0.1, 0.15) is 12.1 Å². The molecule has 4 rings (SSSR count). The Bertz CT molecular complexity index is 1060. The second kappa shape index (κ2) is 7.81. The van der Waals surface area contributed by atoms with E-state index >= 15 is 0 Å². The maximum Gasteiger partial charge on any atom is 0.350 e. The molecular weight excluding hydrogens is 372 g/mol. The van der Waals surface area contributed by atoms with Gasteiger partial charge < -0.3 is 14.7 Å². The van der Waals surface area contributed by atoms with Crippen LogP contribution in [0.2, 0.25) is 0 Å². The van der Waals surface area contributed by atoms with E-state index in [9.17, 15) is 14.7 Å². The molecule has 1 amide bonds. The fraction of sp³-hybridized carbons (Fsp3) is 0.381. The fourth-order valence-electron chi connectivity index (χ4n) is 3.64. The van der Waals surface area contributed by atoms with Gasteiger partial charge in [0.15, 0.2) is 5.65 Å². The third-order valence-electron chi connectivity index (χ3n) is 5.47. The Balaban J connectivity index is 1.59. The zero-order valence-electron chi connectivity index (χ0n) is 16.3. The van der Waals surface area contributed by atoms with Crippen LogP contribution in [0.25, 0.3) is 5.65 Å². The summed E-state index contributed by atoms with van der Waals surface area (Å²) in [4.78, 5) is 27.3. The van der Waals surface area contributed by atoms with Gasteiger partial charge in [0.05, 0.1) is 12.6 Å². The number of carbonyl (C=O) groups is 1. The molecule has 0 bridgehead atoms. The van der Waals surface area contributed by atoms with Gasteiger partial charge in [-0.1, -0.05) is 36.4 Å². The number of pyridine rings is 1. The van der Waals surface area contributed by atoms with Gasteiger partial charge in [0.2, 0.25) is 5.91 Å². The second-order valence-corrected chi connectivity index (χ2v) is 7.47. The molecule has 0 saturated carbocycles. The van der Waals surface area contributed by atoms with Crippen molar-refractivity contribution >= 4 is 11.6 Å². The molecular formula is C21H24N4O4. The summed E-state index contributed by atoms with van der Waals surface area (Å²) >= 11 is 0. The molecule has 2 aromatic heterocycles. The Morgan fingerprint density at radius 2 is 2.03 bits per heavy atom. The van der Waals surface area contributed by atoms with Gasteiger partial charge in [-0.2, -0.15) is 0 Å². The van der Waals surface area contributed by atoms with Crippen LogP contribution in [0.5, 0.6) is 0 Å². The lowest BCUT2D eigenvalue weighted by Crippen LogP contribution is -2.50. The number of hydrogen-bond acceptors (Lipinski definition) is 5. The Labute approximate surface area is 167 Å². The Kier molecular flexibility index (Phi) is 5.21. The summed E-state index contributed by atoms with van der Waals surface area (Å²) < 4.78 is 8.08. The molecule has 152 valence electrons. The number of hydrogen-bond donors (Lipinski definition) is 1. The smallest absolute Gasteiger partial charge is 0.350 e. The zero-order valence-corrected chi connectivity index (χ0v) is 16.3. The summed E-state index contributed by atoms with van der Waals surface area (Å²) in [5, 5.41) is 15.2. The number of rotatable bonds is 6. The average Bonchev–Trinajstić information content (AvgIpc) is 3.21. The van der Waals surface area contributed by atoms with Crippen LogP contribution in [0.4, 0.5) is 0 Å². The molecule has 1 aliphatic rings. The molecule has 3 heterocycles. The molecule has 8 nitrogen and oxygen atoms in total. The van der Waals surface area contributed by atoms with Crippen molar-refractivity contribution in [1.29, 1.82) is 0 Å². The molecule has 1 aliphatic heterocycles. The quantitative estimate of drug-likeness (QED) is 0.673. The van der Waals surface area contributed by atoms with E-state index in [1.165, 1.54) is 4.40 Å². The minimum Gasteiger partial charge on any atom is -0.385 e. The molecule has 8 heteroatoms. The molecule has 0 radical (unpaired) electrons. The first-order valence-corrected chi connectivity index (χ1v) is 9.66. The monoisotopic (exact) mass is 396 g/mol. The average molecular weight is 396 g/mol. The highest BCUT2D eigenvalue weighted by Crippen LogP contribution is 2.27. The highest BCUT2D eigenvalue weighted by atomic mass is 16.5. The Hall–Kier alpha value is -2.97. The maximum absolute atomic E-state index is 13.1. The number of carbonyl (C=O) groups excluding carboxylic acids is 1. The molecule has 0 spiro atoms. The predicted molar refractivity (Wildman–Crippen MR) is 106 cm³/mol. The number of fused-ring (bicyclic) bond motifs is 1. The molecule has 3 aromatic rings. The van der Waals surface area contributed by atoms with E-state index in [2.05, 4.69) is 5.10 Å². The summed E-state index contributed by atoms with van der Waals surface area (Å²) in [7, 11) is 0. The third-order valence-corrected chi connectivity index (χ3v) is 5.47. The van der Waals surface area contributed by atoms with Crippen molar-refractivity contribution in [2.75, 3.05) is 13.2 Å². The standard InChI is InChI=1S/C21H24N4O4/c1-16-21(28,10-12-29-16)15-23(13-17-7-3-2-4-8-17)19(26)14-25-20(27)24-11-6-5-9-18(24)22-25/h2-9,11,16,28H,10,12-15H2,1H3/t16-,21+/m1/s1. The van der Waals surface area contributed by atoms with Crippen LogP contribution >= 0.6 is 0 Å². The van der Waals surface area contributed by atoms with E-state index in [-0.39, 0.29) is 30.8 Å². The zero-order chi connectivity index (χ0) is 20.4. The molecule has 1 N–H and O–H groups in total. The van der Waals surface area contributed by atoms with Gasteiger partial charge in [-0.25, -0.2) is 9.48 Å². The van der Waals surface area contributed by atoms with E-state index in [1.54, 1.807) is 29.3 Å². The highest BCUT2D eigenvalue weighted by molar-refractivity contribution is 5.76. The first-order chi connectivity index (χ1) is 14.0. The third kappa shape index (κ3) is 3.94.